The summed E-state index contributed by atoms with van der Waals surface area (Å²) in [7, 11) is 0. The monoisotopic (exact) mass is 422 g/mol. The molecule has 0 spiro atoms. The number of hydrogen-bond acceptors (Lipinski definition) is 5. The number of aromatic nitrogens is 1. The summed E-state index contributed by atoms with van der Waals surface area (Å²) >= 11 is 0. The number of amides is 1. The maximum Gasteiger partial charge on any atom is 0.231 e. The third-order valence-corrected chi connectivity index (χ3v) is 5.92. The third kappa shape index (κ3) is 5.97. The molecule has 1 amide bonds. The molecule has 6 nitrogen and oxygen atoms in total. The van der Waals surface area contributed by atoms with Gasteiger partial charge in [-0.2, -0.15) is 0 Å². The summed E-state index contributed by atoms with van der Waals surface area (Å²) in [6, 6.07) is 11.7. The molecule has 1 aromatic carbocycles. The van der Waals surface area contributed by atoms with E-state index in [-0.39, 0.29) is 17.9 Å². The van der Waals surface area contributed by atoms with Crippen molar-refractivity contribution < 1.29 is 9.53 Å². The Morgan fingerprint density at radius 3 is 2.45 bits per heavy atom. The molecule has 6 heteroatoms. The molecule has 0 bridgehead atoms. The molecule has 1 aromatic heterocycles. The summed E-state index contributed by atoms with van der Waals surface area (Å²) < 4.78 is 6.18. The van der Waals surface area contributed by atoms with Crippen LogP contribution in [-0.2, 0) is 4.79 Å². The average molecular weight is 423 g/mol. The molecule has 1 N–H and O–H groups in total. The maximum atomic E-state index is 12.5. The Hall–Kier alpha value is -2.60. The number of carbonyl (C=O) groups excluding carboxylic acids is 1. The highest BCUT2D eigenvalue weighted by molar-refractivity contribution is 5.94. The van der Waals surface area contributed by atoms with Gasteiger partial charge in [0.2, 0.25) is 5.91 Å². The molecule has 3 heterocycles. The number of pyridine rings is 1. The first-order chi connectivity index (χ1) is 14.9. The van der Waals surface area contributed by atoms with Gasteiger partial charge >= 0.3 is 0 Å². The average Bonchev–Trinajstić information content (AvgIpc) is 2.70. The van der Waals surface area contributed by atoms with Gasteiger partial charge in [-0.3, -0.25) is 9.78 Å². The minimum atomic E-state index is 0.00872. The number of likely N-dealkylation sites (tertiary alicyclic amines) is 1. The van der Waals surface area contributed by atoms with E-state index in [1.807, 2.05) is 42.6 Å². The first kappa shape index (κ1) is 21.6. The lowest BCUT2D eigenvalue weighted by Gasteiger charge is -2.39. The molecule has 0 atom stereocenters. The van der Waals surface area contributed by atoms with E-state index < -0.39 is 0 Å². The SMILES string of the molecule is CC(C)(C)CN1CCC(Oc2ccc(NC(=O)C3CN(c4cccnc4)C3)cc2)CC1. The number of rotatable bonds is 6. The van der Waals surface area contributed by atoms with Crippen molar-refractivity contribution in [2.75, 3.05) is 42.9 Å². The van der Waals surface area contributed by atoms with E-state index in [1.165, 1.54) is 0 Å². The van der Waals surface area contributed by atoms with E-state index in [0.29, 0.717) is 5.41 Å². The Kier molecular flexibility index (Phi) is 6.46. The van der Waals surface area contributed by atoms with Crippen molar-refractivity contribution in [2.24, 2.45) is 11.3 Å². The smallest absolute Gasteiger partial charge is 0.231 e. The lowest BCUT2D eigenvalue weighted by Crippen LogP contribution is -2.52. The third-order valence-electron chi connectivity index (χ3n) is 5.92. The second-order valence-corrected chi connectivity index (χ2v) is 9.98. The lowest BCUT2D eigenvalue weighted by molar-refractivity contribution is -0.120. The minimum absolute atomic E-state index is 0.00872. The molecule has 4 rings (SSSR count). The molecule has 31 heavy (non-hydrogen) atoms. The van der Waals surface area contributed by atoms with Gasteiger partial charge in [-0.05, 0) is 54.7 Å². The summed E-state index contributed by atoms with van der Waals surface area (Å²) in [5.41, 5.74) is 2.22. The molecule has 0 unspecified atom stereocenters. The van der Waals surface area contributed by atoms with Crippen molar-refractivity contribution in [1.29, 1.82) is 0 Å². The minimum Gasteiger partial charge on any atom is -0.490 e. The summed E-state index contributed by atoms with van der Waals surface area (Å²) in [5.74, 6) is 0.952. The number of nitrogens with one attached hydrogen (secondary N) is 1. The zero-order chi connectivity index (χ0) is 21.8. The number of hydrogen-bond donors (Lipinski definition) is 1. The Morgan fingerprint density at radius 1 is 1.13 bits per heavy atom. The number of nitrogens with zero attached hydrogens (tertiary/aromatic N) is 3. The van der Waals surface area contributed by atoms with E-state index in [4.69, 9.17) is 4.74 Å². The topological polar surface area (TPSA) is 57.7 Å². The van der Waals surface area contributed by atoms with Crippen LogP contribution in [0.25, 0.3) is 0 Å². The van der Waals surface area contributed by atoms with Crippen LogP contribution in [0.3, 0.4) is 0 Å². The molecule has 2 aromatic rings. The summed E-state index contributed by atoms with van der Waals surface area (Å²) in [4.78, 5) is 21.4. The van der Waals surface area contributed by atoms with Crippen LogP contribution >= 0.6 is 0 Å². The zero-order valence-electron chi connectivity index (χ0n) is 18.9. The Balaban J connectivity index is 1.20. The van der Waals surface area contributed by atoms with Gasteiger partial charge in [0.1, 0.15) is 11.9 Å². The van der Waals surface area contributed by atoms with Crippen LogP contribution < -0.4 is 15.0 Å². The molecule has 2 saturated heterocycles. The molecule has 2 aliphatic rings. The highest BCUT2D eigenvalue weighted by atomic mass is 16.5. The van der Waals surface area contributed by atoms with Crippen molar-refractivity contribution in [3.63, 3.8) is 0 Å². The second kappa shape index (κ2) is 9.27. The predicted octanol–water partition coefficient (Wildman–Crippen LogP) is 4.05. The van der Waals surface area contributed by atoms with E-state index in [2.05, 4.69) is 40.9 Å². The highest BCUT2D eigenvalue weighted by Gasteiger charge is 2.33. The first-order valence-corrected chi connectivity index (χ1v) is 11.3. The fourth-order valence-corrected chi connectivity index (χ4v) is 4.31. The number of benzene rings is 1. The van der Waals surface area contributed by atoms with Crippen LogP contribution in [0.2, 0.25) is 0 Å². The molecule has 2 aliphatic heterocycles. The summed E-state index contributed by atoms with van der Waals surface area (Å²) in [5, 5.41) is 3.03. The van der Waals surface area contributed by atoms with Gasteiger partial charge in [0, 0.05) is 44.6 Å². The quantitative estimate of drug-likeness (QED) is 0.761. The van der Waals surface area contributed by atoms with Gasteiger partial charge < -0.3 is 19.9 Å². The largest absolute Gasteiger partial charge is 0.490 e. The summed E-state index contributed by atoms with van der Waals surface area (Å²) in [6.07, 6.45) is 5.98. The van der Waals surface area contributed by atoms with Crippen molar-refractivity contribution >= 4 is 17.3 Å². The van der Waals surface area contributed by atoms with Gasteiger partial charge in [0.05, 0.1) is 17.8 Å². The number of carbonyl (C=O) groups is 1. The van der Waals surface area contributed by atoms with Crippen LogP contribution in [-0.4, -0.2) is 54.6 Å². The number of anilines is 2. The van der Waals surface area contributed by atoms with E-state index in [9.17, 15) is 4.79 Å². The van der Waals surface area contributed by atoms with Crippen molar-refractivity contribution in [1.82, 2.24) is 9.88 Å². The van der Waals surface area contributed by atoms with Crippen molar-refractivity contribution in [3.05, 3.63) is 48.8 Å². The fraction of sp³-hybridized carbons (Fsp3) is 0.520. The van der Waals surface area contributed by atoms with E-state index in [1.54, 1.807) is 6.20 Å². The molecule has 0 saturated carbocycles. The van der Waals surface area contributed by atoms with E-state index >= 15 is 0 Å². The van der Waals surface area contributed by atoms with Crippen LogP contribution in [0.1, 0.15) is 33.6 Å². The van der Waals surface area contributed by atoms with Gasteiger partial charge in [-0.25, -0.2) is 0 Å². The summed E-state index contributed by atoms with van der Waals surface area (Å²) in [6.45, 7) is 11.6. The highest BCUT2D eigenvalue weighted by Crippen LogP contribution is 2.26. The maximum absolute atomic E-state index is 12.5. The molecule has 2 fully saturated rings. The Morgan fingerprint density at radius 2 is 1.84 bits per heavy atom. The van der Waals surface area contributed by atoms with Crippen LogP contribution in [0, 0.1) is 11.3 Å². The molecular weight excluding hydrogens is 388 g/mol. The van der Waals surface area contributed by atoms with Gasteiger partial charge in [-0.1, -0.05) is 20.8 Å². The van der Waals surface area contributed by atoms with E-state index in [0.717, 1.165) is 62.7 Å². The zero-order valence-corrected chi connectivity index (χ0v) is 18.9. The molecule has 166 valence electrons. The van der Waals surface area contributed by atoms with Gasteiger partial charge in [0.15, 0.2) is 0 Å². The predicted molar refractivity (Wildman–Crippen MR) is 125 cm³/mol. The van der Waals surface area contributed by atoms with Gasteiger partial charge in [-0.15, -0.1) is 0 Å². The normalized spacial score (nSPS) is 18.5. The van der Waals surface area contributed by atoms with Crippen molar-refractivity contribution in [2.45, 2.75) is 39.7 Å². The van der Waals surface area contributed by atoms with Crippen LogP contribution in [0.15, 0.2) is 48.8 Å². The molecule has 0 aliphatic carbocycles. The second-order valence-electron chi connectivity index (χ2n) is 9.98. The molecule has 0 radical (unpaired) electrons. The Bertz CT molecular complexity index is 849. The fourth-order valence-electron chi connectivity index (χ4n) is 4.31. The van der Waals surface area contributed by atoms with Crippen molar-refractivity contribution in [3.8, 4) is 5.75 Å². The van der Waals surface area contributed by atoms with Gasteiger partial charge in [0.25, 0.3) is 0 Å². The lowest BCUT2D eigenvalue weighted by atomic mass is 9.94. The number of ether oxygens (including phenoxy) is 1. The first-order valence-electron chi connectivity index (χ1n) is 11.3. The standard InChI is InChI=1S/C25H34N4O2/c1-25(2,3)18-28-13-10-23(11-14-28)31-22-8-6-20(7-9-22)27-24(30)19-16-29(17-19)21-5-4-12-26-15-21/h4-9,12,15,19,23H,10-11,13-14,16-18H2,1-3H3,(H,27,30). The van der Waals surface area contributed by atoms with Crippen LogP contribution in [0.4, 0.5) is 11.4 Å². The molecular formula is C25H34N4O2. The van der Waals surface area contributed by atoms with Crippen LogP contribution in [0.5, 0.6) is 5.75 Å². The Labute approximate surface area is 185 Å². The number of piperidine rings is 1.